The highest BCUT2D eigenvalue weighted by Gasteiger charge is 2.11. The SMILES string of the molecule is N[C@@H](Cc1ccsc1)C(=O)O. The molecule has 3 N–H and O–H groups in total. The molecule has 0 fully saturated rings. The van der Waals surface area contributed by atoms with Gasteiger partial charge >= 0.3 is 5.97 Å². The Morgan fingerprint density at radius 1 is 1.82 bits per heavy atom. The van der Waals surface area contributed by atoms with E-state index in [4.69, 9.17) is 10.8 Å². The minimum Gasteiger partial charge on any atom is -0.480 e. The summed E-state index contributed by atoms with van der Waals surface area (Å²) in [5.41, 5.74) is 6.30. The number of hydrogen-bond donors (Lipinski definition) is 2. The fourth-order valence-corrected chi connectivity index (χ4v) is 1.43. The van der Waals surface area contributed by atoms with Crippen LogP contribution < -0.4 is 5.73 Å². The van der Waals surface area contributed by atoms with Crippen molar-refractivity contribution >= 4 is 17.3 Å². The van der Waals surface area contributed by atoms with Crippen LogP contribution in [0.5, 0.6) is 0 Å². The summed E-state index contributed by atoms with van der Waals surface area (Å²) in [5, 5.41) is 12.3. The molecular weight excluding hydrogens is 162 g/mol. The molecule has 0 saturated carbocycles. The van der Waals surface area contributed by atoms with Gasteiger partial charge in [-0.25, -0.2) is 0 Å². The fourth-order valence-electron chi connectivity index (χ4n) is 0.750. The second kappa shape index (κ2) is 3.50. The maximum Gasteiger partial charge on any atom is 0.320 e. The van der Waals surface area contributed by atoms with E-state index in [2.05, 4.69) is 0 Å². The third-order valence-corrected chi connectivity index (χ3v) is 2.08. The molecule has 0 amide bonds. The van der Waals surface area contributed by atoms with Crippen molar-refractivity contribution in [1.82, 2.24) is 0 Å². The quantitative estimate of drug-likeness (QED) is 0.703. The van der Waals surface area contributed by atoms with E-state index in [-0.39, 0.29) is 0 Å². The van der Waals surface area contributed by atoms with Gasteiger partial charge < -0.3 is 10.8 Å². The average molecular weight is 171 g/mol. The first kappa shape index (κ1) is 8.23. The van der Waals surface area contributed by atoms with E-state index in [9.17, 15) is 4.79 Å². The average Bonchev–Trinajstić information content (AvgIpc) is 2.39. The number of carboxylic acids is 1. The van der Waals surface area contributed by atoms with E-state index in [0.717, 1.165) is 5.56 Å². The van der Waals surface area contributed by atoms with E-state index >= 15 is 0 Å². The molecule has 0 aliphatic carbocycles. The number of aliphatic carboxylic acids is 1. The molecule has 0 saturated heterocycles. The fraction of sp³-hybridized carbons (Fsp3) is 0.286. The van der Waals surface area contributed by atoms with E-state index in [1.807, 2.05) is 16.8 Å². The molecule has 0 aromatic carbocycles. The zero-order valence-corrected chi connectivity index (χ0v) is 6.67. The highest BCUT2D eigenvalue weighted by atomic mass is 32.1. The lowest BCUT2D eigenvalue weighted by molar-refractivity contribution is -0.138. The van der Waals surface area contributed by atoms with Crippen molar-refractivity contribution < 1.29 is 9.90 Å². The Morgan fingerprint density at radius 3 is 3.00 bits per heavy atom. The molecule has 0 bridgehead atoms. The number of hydrogen-bond acceptors (Lipinski definition) is 3. The zero-order chi connectivity index (χ0) is 8.27. The summed E-state index contributed by atoms with van der Waals surface area (Å²) in [6.45, 7) is 0. The van der Waals surface area contributed by atoms with Crippen molar-refractivity contribution in [2.75, 3.05) is 0 Å². The van der Waals surface area contributed by atoms with Gasteiger partial charge in [0.1, 0.15) is 6.04 Å². The van der Waals surface area contributed by atoms with Crippen LogP contribution in [0.25, 0.3) is 0 Å². The van der Waals surface area contributed by atoms with E-state index in [0.29, 0.717) is 6.42 Å². The summed E-state index contributed by atoms with van der Waals surface area (Å²) in [4.78, 5) is 10.3. The molecule has 1 rings (SSSR count). The molecule has 0 radical (unpaired) electrons. The van der Waals surface area contributed by atoms with Crippen LogP contribution in [0.15, 0.2) is 16.8 Å². The van der Waals surface area contributed by atoms with Gasteiger partial charge in [0, 0.05) is 0 Å². The third kappa shape index (κ3) is 2.32. The molecule has 60 valence electrons. The molecule has 4 heteroatoms. The van der Waals surface area contributed by atoms with Gasteiger partial charge in [-0.05, 0) is 28.8 Å². The number of thiophene rings is 1. The molecular formula is C7H9NO2S. The summed E-state index contributed by atoms with van der Waals surface area (Å²) >= 11 is 1.54. The minimum absolute atomic E-state index is 0.416. The highest BCUT2D eigenvalue weighted by Crippen LogP contribution is 2.07. The Kier molecular flexibility index (Phi) is 2.62. The maximum absolute atomic E-state index is 10.3. The predicted octanol–water partition coefficient (Wildman–Crippen LogP) is 0.703. The molecule has 0 aliphatic heterocycles. The van der Waals surface area contributed by atoms with Gasteiger partial charge in [-0.15, -0.1) is 0 Å². The van der Waals surface area contributed by atoms with Gasteiger partial charge in [-0.2, -0.15) is 11.3 Å². The largest absolute Gasteiger partial charge is 0.480 e. The van der Waals surface area contributed by atoms with Crippen LogP contribution in [0.4, 0.5) is 0 Å². The second-order valence-electron chi connectivity index (χ2n) is 2.28. The Balaban J connectivity index is 2.50. The van der Waals surface area contributed by atoms with Crippen LogP contribution in [-0.4, -0.2) is 17.1 Å². The first-order valence-electron chi connectivity index (χ1n) is 3.19. The van der Waals surface area contributed by atoms with Crippen molar-refractivity contribution in [3.05, 3.63) is 22.4 Å². The lowest BCUT2D eigenvalue weighted by atomic mass is 10.1. The monoisotopic (exact) mass is 171 g/mol. The number of carbonyl (C=O) groups is 1. The van der Waals surface area contributed by atoms with Crippen molar-refractivity contribution in [3.8, 4) is 0 Å². The van der Waals surface area contributed by atoms with Crippen LogP contribution in [0.1, 0.15) is 5.56 Å². The van der Waals surface area contributed by atoms with Crippen molar-refractivity contribution in [3.63, 3.8) is 0 Å². The van der Waals surface area contributed by atoms with Crippen molar-refractivity contribution in [2.45, 2.75) is 12.5 Å². The lowest BCUT2D eigenvalue weighted by Crippen LogP contribution is -2.31. The van der Waals surface area contributed by atoms with Crippen molar-refractivity contribution in [1.29, 1.82) is 0 Å². The van der Waals surface area contributed by atoms with Crippen LogP contribution in [-0.2, 0) is 11.2 Å². The summed E-state index contributed by atoms with van der Waals surface area (Å²) in [6.07, 6.45) is 0.416. The van der Waals surface area contributed by atoms with Crippen LogP contribution in [0.3, 0.4) is 0 Å². The number of rotatable bonds is 3. The molecule has 1 heterocycles. The molecule has 1 atom stereocenters. The second-order valence-corrected chi connectivity index (χ2v) is 3.06. The van der Waals surface area contributed by atoms with Gasteiger partial charge in [0.2, 0.25) is 0 Å². The van der Waals surface area contributed by atoms with Crippen molar-refractivity contribution in [2.24, 2.45) is 5.73 Å². The van der Waals surface area contributed by atoms with Gasteiger partial charge in [-0.1, -0.05) is 0 Å². The van der Waals surface area contributed by atoms with E-state index < -0.39 is 12.0 Å². The minimum atomic E-state index is -0.948. The highest BCUT2D eigenvalue weighted by molar-refractivity contribution is 7.07. The maximum atomic E-state index is 10.3. The van der Waals surface area contributed by atoms with Crippen LogP contribution in [0.2, 0.25) is 0 Å². The van der Waals surface area contributed by atoms with Gasteiger partial charge in [0.25, 0.3) is 0 Å². The summed E-state index contributed by atoms with van der Waals surface area (Å²) in [7, 11) is 0. The topological polar surface area (TPSA) is 63.3 Å². The number of carboxylic acid groups (broad SMARTS) is 1. The van der Waals surface area contributed by atoms with E-state index in [1.54, 1.807) is 11.3 Å². The summed E-state index contributed by atoms with van der Waals surface area (Å²) < 4.78 is 0. The Bertz CT molecular complexity index is 233. The number of nitrogens with two attached hydrogens (primary N) is 1. The molecule has 3 nitrogen and oxygen atoms in total. The Morgan fingerprint density at radius 2 is 2.55 bits per heavy atom. The van der Waals surface area contributed by atoms with Crippen LogP contribution >= 0.6 is 11.3 Å². The smallest absolute Gasteiger partial charge is 0.320 e. The Hall–Kier alpha value is -0.870. The van der Waals surface area contributed by atoms with Gasteiger partial charge in [-0.3, -0.25) is 4.79 Å². The zero-order valence-electron chi connectivity index (χ0n) is 5.86. The Labute approximate surface area is 68.5 Å². The first-order chi connectivity index (χ1) is 5.20. The van der Waals surface area contributed by atoms with Gasteiger partial charge in [0.05, 0.1) is 0 Å². The summed E-state index contributed by atoms with van der Waals surface area (Å²) in [5.74, 6) is -0.948. The van der Waals surface area contributed by atoms with Crippen LogP contribution in [0, 0.1) is 0 Å². The molecule has 0 spiro atoms. The molecule has 1 aromatic heterocycles. The lowest BCUT2D eigenvalue weighted by Gasteiger charge is -2.02. The predicted molar refractivity (Wildman–Crippen MR) is 43.6 cm³/mol. The van der Waals surface area contributed by atoms with E-state index in [1.165, 1.54) is 0 Å². The normalized spacial score (nSPS) is 12.8. The van der Waals surface area contributed by atoms with Gasteiger partial charge in [0.15, 0.2) is 0 Å². The standard InChI is InChI=1S/C7H9NO2S/c8-6(7(9)10)3-5-1-2-11-4-5/h1-2,4,6H,3,8H2,(H,9,10)/t6-/m0/s1. The summed E-state index contributed by atoms with van der Waals surface area (Å²) in [6, 6.07) is 1.11. The molecule has 1 aromatic rings. The molecule has 0 unspecified atom stereocenters. The first-order valence-corrected chi connectivity index (χ1v) is 4.14. The molecule has 0 aliphatic rings. The molecule has 11 heavy (non-hydrogen) atoms. The third-order valence-electron chi connectivity index (χ3n) is 1.35.